The van der Waals surface area contributed by atoms with E-state index in [1.54, 1.807) is 13.2 Å². The molecule has 3 atom stereocenters. The second-order valence-corrected chi connectivity index (χ2v) is 6.11. The molecule has 0 aliphatic carbocycles. The maximum atomic E-state index is 11.3. The van der Waals surface area contributed by atoms with E-state index in [-0.39, 0.29) is 11.3 Å². The Kier molecular flexibility index (Phi) is 8.36. The van der Waals surface area contributed by atoms with Crippen LogP contribution in [0.4, 0.5) is 4.79 Å². The summed E-state index contributed by atoms with van der Waals surface area (Å²) in [5, 5.41) is 13.9. The number of carbonyl (C=O) groups is 2. The van der Waals surface area contributed by atoms with Gasteiger partial charge in [-0.25, -0.2) is 4.79 Å². The minimum atomic E-state index is -0.879. The Morgan fingerprint density at radius 2 is 1.67 bits per heavy atom. The van der Waals surface area contributed by atoms with Crippen LogP contribution in [0.5, 0.6) is 0 Å². The van der Waals surface area contributed by atoms with Crippen molar-refractivity contribution in [3.8, 4) is 0 Å². The fraction of sp³-hybridized carbons (Fsp3) is 0.818. The van der Waals surface area contributed by atoms with Crippen LogP contribution in [0.15, 0.2) is 0 Å². The van der Waals surface area contributed by atoms with Crippen LogP contribution in [0.1, 0.15) is 26.7 Å². The van der Waals surface area contributed by atoms with Crippen LogP contribution < -0.4 is 10.6 Å². The van der Waals surface area contributed by atoms with Crippen LogP contribution in [0.3, 0.4) is 0 Å². The second kappa shape index (κ2) is 8.91. The van der Waals surface area contributed by atoms with Crippen molar-refractivity contribution in [3.05, 3.63) is 0 Å². The summed E-state index contributed by atoms with van der Waals surface area (Å²) in [6.07, 6.45) is 2.69. The van der Waals surface area contributed by atoms with Crippen molar-refractivity contribution in [2.45, 2.75) is 31.9 Å². The molecule has 0 rings (SSSR count). The quantitative estimate of drug-likeness (QED) is 0.604. The molecule has 6 nitrogen and oxygen atoms in total. The lowest BCUT2D eigenvalue weighted by molar-refractivity contribution is -0.141. The first kappa shape index (κ1) is 16.9. The van der Waals surface area contributed by atoms with E-state index >= 15 is 0 Å². The maximum Gasteiger partial charge on any atom is 0.314 e. The molecule has 0 aromatic rings. The third kappa shape index (κ3) is 8.05. The van der Waals surface area contributed by atoms with Gasteiger partial charge in [0, 0.05) is 35.4 Å². The Balaban J connectivity index is 3.61. The number of carboxylic acids is 1. The molecule has 7 heteroatoms. The van der Waals surface area contributed by atoms with E-state index in [9.17, 15) is 13.8 Å². The average molecular weight is 278 g/mol. The number of urea groups is 1. The molecule has 3 unspecified atom stereocenters. The van der Waals surface area contributed by atoms with Gasteiger partial charge in [-0.2, -0.15) is 0 Å². The zero-order chi connectivity index (χ0) is 14.1. The lowest BCUT2D eigenvalue weighted by atomic mass is 10.1. The molecule has 3 N–H and O–H groups in total. The van der Waals surface area contributed by atoms with Crippen molar-refractivity contribution < 1.29 is 18.9 Å². The Morgan fingerprint density at radius 1 is 1.17 bits per heavy atom. The third-order valence-corrected chi connectivity index (χ3v) is 4.06. The van der Waals surface area contributed by atoms with Crippen molar-refractivity contribution in [1.82, 2.24) is 10.6 Å². The molecule has 0 bridgehead atoms. The topological polar surface area (TPSA) is 95.5 Å². The first-order valence-electron chi connectivity index (χ1n) is 5.91. The fourth-order valence-corrected chi connectivity index (χ4v) is 1.59. The number of rotatable bonds is 8. The SMILES string of the molecule is CC(CCNC(=O)NCCC(C)S(C)=O)C(=O)O. The summed E-state index contributed by atoms with van der Waals surface area (Å²) in [4.78, 5) is 21.8. The average Bonchev–Trinajstić information content (AvgIpc) is 2.28. The summed E-state index contributed by atoms with van der Waals surface area (Å²) in [5.41, 5.74) is 0. The van der Waals surface area contributed by atoms with Gasteiger partial charge in [-0.05, 0) is 12.8 Å². The van der Waals surface area contributed by atoms with Crippen molar-refractivity contribution >= 4 is 22.8 Å². The number of nitrogens with one attached hydrogen (secondary N) is 2. The predicted octanol–water partition coefficient (Wildman–Crippen LogP) is 0.554. The van der Waals surface area contributed by atoms with Crippen LogP contribution in [-0.2, 0) is 15.6 Å². The highest BCUT2D eigenvalue weighted by Gasteiger charge is 2.11. The van der Waals surface area contributed by atoms with Gasteiger partial charge in [0.15, 0.2) is 0 Å². The zero-order valence-corrected chi connectivity index (χ0v) is 11.9. The summed E-state index contributed by atoms with van der Waals surface area (Å²) in [7, 11) is -0.879. The number of hydrogen-bond donors (Lipinski definition) is 3. The summed E-state index contributed by atoms with van der Waals surface area (Å²) in [5.74, 6) is -1.33. The van der Waals surface area contributed by atoms with E-state index in [0.29, 0.717) is 25.9 Å². The largest absolute Gasteiger partial charge is 0.481 e. The molecule has 0 aliphatic rings. The molecule has 106 valence electrons. The molecule has 0 radical (unpaired) electrons. The number of carbonyl (C=O) groups excluding carboxylic acids is 1. The molecule has 0 spiro atoms. The first-order chi connectivity index (χ1) is 8.34. The van der Waals surface area contributed by atoms with Gasteiger partial charge in [0.25, 0.3) is 0 Å². The highest BCUT2D eigenvalue weighted by Crippen LogP contribution is 1.99. The molecule has 2 amide bonds. The lowest BCUT2D eigenvalue weighted by Gasteiger charge is -2.11. The van der Waals surface area contributed by atoms with Crippen molar-refractivity contribution in [2.24, 2.45) is 5.92 Å². The molecule has 0 aliphatic heterocycles. The van der Waals surface area contributed by atoms with Crippen LogP contribution in [0.2, 0.25) is 0 Å². The maximum absolute atomic E-state index is 11.3. The molecular weight excluding hydrogens is 256 g/mol. The van der Waals surface area contributed by atoms with Crippen LogP contribution in [0, 0.1) is 5.92 Å². The van der Waals surface area contributed by atoms with E-state index < -0.39 is 22.7 Å². The van der Waals surface area contributed by atoms with E-state index in [1.807, 2.05) is 6.92 Å². The number of carboxylic acid groups (broad SMARTS) is 1. The molecule has 18 heavy (non-hydrogen) atoms. The van der Waals surface area contributed by atoms with Gasteiger partial charge in [0.2, 0.25) is 0 Å². The lowest BCUT2D eigenvalue weighted by Crippen LogP contribution is -2.38. The monoisotopic (exact) mass is 278 g/mol. The van der Waals surface area contributed by atoms with E-state index in [4.69, 9.17) is 5.11 Å². The number of hydrogen-bond acceptors (Lipinski definition) is 3. The first-order valence-corrected chi connectivity index (χ1v) is 7.53. The van der Waals surface area contributed by atoms with Gasteiger partial charge >= 0.3 is 12.0 Å². The van der Waals surface area contributed by atoms with Crippen molar-refractivity contribution in [1.29, 1.82) is 0 Å². The predicted molar refractivity (Wildman–Crippen MR) is 71.0 cm³/mol. The van der Waals surface area contributed by atoms with E-state index in [1.165, 1.54) is 0 Å². The van der Waals surface area contributed by atoms with Gasteiger partial charge in [0.05, 0.1) is 5.92 Å². The van der Waals surface area contributed by atoms with Gasteiger partial charge in [0.1, 0.15) is 0 Å². The fourth-order valence-electron chi connectivity index (χ4n) is 1.14. The molecule has 0 fully saturated rings. The number of aliphatic carboxylic acids is 1. The third-order valence-electron chi connectivity index (χ3n) is 2.69. The van der Waals surface area contributed by atoms with E-state index in [2.05, 4.69) is 10.6 Å². The molecule has 0 saturated heterocycles. The van der Waals surface area contributed by atoms with Crippen LogP contribution in [0.25, 0.3) is 0 Å². The van der Waals surface area contributed by atoms with Crippen molar-refractivity contribution in [3.63, 3.8) is 0 Å². The minimum absolute atomic E-state index is 0.0531. The molecule has 0 aromatic heterocycles. The Bertz CT molecular complexity index is 281. The molecule has 0 aromatic carbocycles. The van der Waals surface area contributed by atoms with E-state index in [0.717, 1.165) is 0 Å². The highest BCUT2D eigenvalue weighted by atomic mass is 32.2. The summed E-state index contributed by atoms with van der Waals surface area (Å²) < 4.78 is 11.1. The van der Waals surface area contributed by atoms with Gasteiger partial charge < -0.3 is 15.7 Å². The second-order valence-electron chi connectivity index (χ2n) is 4.31. The minimum Gasteiger partial charge on any atom is -0.481 e. The summed E-state index contributed by atoms with van der Waals surface area (Å²) >= 11 is 0. The molecular formula is C11H22N2O4S. The molecule has 0 heterocycles. The Morgan fingerprint density at radius 3 is 2.11 bits per heavy atom. The Hall–Kier alpha value is -1.11. The van der Waals surface area contributed by atoms with Crippen LogP contribution >= 0.6 is 0 Å². The van der Waals surface area contributed by atoms with Crippen molar-refractivity contribution in [2.75, 3.05) is 19.3 Å². The van der Waals surface area contributed by atoms with Crippen LogP contribution in [-0.4, -0.2) is 45.9 Å². The van der Waals surface area contributed by atoms with Gasteiger partial charge in [-0.1, -0.05) is 13.8 Å². The smallest absolute Gasteiger partial charge is 0.314 e. The standard InChI is InChI=1S/C11H22N2O4S/c1-8(10(14)15)4-6-12-11(16)13-7-5-9(2)18(3)17/h8-9H,4-7H2,1-3H3,(H,14,15)(H2,12,13,16). The Labute approximate surface area is 110 Å². The normalized spacial score (nSPS) is 15.5. The molecule has 0 saturated carbocycles. The summed E-state index contributed by atoms with van der Waals surface area (Å²) in [6.45, 7) is 4.25. The zero-order valence-electron chi connectivity index (χ0n) is 11.1. The highest BCUT2D eigenvalue weighted by molar-refractivity contribution is 7.84. The van der Waals surface area contributed by atoms with Gasteiger partial charge in [-0.3, -0.25) is 9.00 Å². The van der Waals surface area contributed by atoms with Gasteiger partial charge in [-0.15, -0.1) is 0 Å². The summed E-state index contributed by atoms with van der Waals surface area (Å²) in [6, 6.07) is -0.318. The number of amides is 2.